The minimum Gasteiger partial charge on any atom is -0.465 e. The molecule has 0 bridgehead atoms. The number of rotatable bonds is 6. The van der Waals surface area contributed by atoms with Crippen molar-refractivity contribution in [3.8, 4) is 0 Å². The summed E-state index contributed by atoms with van der Waals surface area (Å²) in [5.74, 6) is -0.906. The summed E-state index contributed by atoms with van der Waals surface area (Å²) in [5.41, 5.74) is 1.47. The van der Waals surface area contributed by atoms with E-state index in [-0.39, 0.29) is 22.8 Å². The average Bonchev–Trinajstić information content (AvgIpc) is 2.74. The van der Waals surface area contributed by atoms with Crippen LogP contribution in [0.4, 0.5) is 0 Å². The molecule has 0 spiro atoms. The number of benzene rings is 1. The maximum atomic E-state index is 12.4. The Labute approximate surface area is 163 Å². The number of pyridine rings is 1. The van der Waals surface area contributed by atoms with Gasteiger partial charge in [-0.2, -0.15) is 0 Å². The highest BCUT2D eigenvalue weighted by molar-refractivity contribution is 5.95. The molecule has 0 N–H and O–H groups in total. The number of hydroxylamine groups is 2. The minimum absolute atomic E-state index is 0.0437. The van der Waals surface area contributed by atoms with E-state index >= 15 is 0 Å². The molecule has 1 aromatic carbocycles. The zero-order valence-corrected chi connectivity index (χ0v) is 15.7. The first-order valence-electron chi connectivity index (χ1n) is 9.14. The predicted molar refractivity (Wildman–Crippen MR) is 100 cm³/mol. The van der Waals surface area contributed by atoms with Gasteiger partial charge >= 0.3 is 11.9 Å². The molecule has 0 amide bonds. The monoisotopic (exact) mass is 382 g/mol. The lowest BCUT2D eigenvalue weighted by molar-refractivity contribution is -0.138. The summed E-state index contributed by atoms with van der Waals surface area (Å²) in [6.07, 6.45) is 5.03. The Hall–Kier alpha value is -3.06. The fraction of sp³-hybridized carbons (Fsp3) is 0.333. The molecular formula is C21H22N2O5. The quantitative estimate of drug-likeness (QED) is 0.710. The Morgan fingerprint density at radius 1 is 1.07 bits per heavy atom. The van der Waals surface area contributed by atoms with Crippen LogP contribution in [0.1, 0.15) is 39.1 Å². The molecule has 2 heterocycles. The molecule has 1 fully saturated rings. The van der Waals surface area contributed by atoms with Crippen LogP contribution in [0.5, 0.6) is 0 Å². The second-order valence-corrected chi connectivity index (χ2v) is 6.66. The fourth-order valence-electron chi connectivity index (χ4n) is 3.18. The van der Waals surface area contributed by atoms with Crippen LogP contribution in [-0.2, 0) is 20.8 Å². The van der Waals surface area contributed by atoms with Crippen molar-refractivity contribution in [3.63, 3.8) is 0 Å². The van der Waals surface area contributed by atoms with Crippen LogP contribution in [0.15, 0.2) is 48.8 Å². The number of aromatic nitrogens is 1. The summed E-state index contributed by atoms with van der Waals surface area (Å²) < 4.78 is 4.66. The summed E-state index contributed by atoms with van der Waals surface area (Å²) in [5, 5.41) is 1.57. The van der Waals surface area contributed by atoms with Crippen molar-refractivity contribution in [1.29, 1.82) is 0 Å². The molecule has 7 nitrogen and oxygen atoms in total. The number of hydrogen-bond acceptors (Lipinski definition) is 7. The normalized spacial score (nSPS) is 15.0. The Kier molecular flexibility index (Phi) is 6.49. The molecule has 146 valence electrons. The minimum atomic E-state index is -0.536. The van der Waals surface area contributed by atoms with E-state index in [1.807, 2.05) is 12.1 Å². The van der Waals surface area contributed by atoms with Gasteiger partial charge < -0.3 is 9.57 Å². The van der Waals surface area contributed by atoms with E-state index < -0.39 is 11.9 Å². The molecule has 0 aliphatic carbocycles. The number of Topliss-reactive ketones (excluding diaryl/α,β-unsaturated/α-hetero) is 1. The summed E-state index contributed by atoms with van der Waals surface area (Å²) in [6, 6.07) is 9.91. The molecule has 0 radical (unpaired) electrons. The van der Waals surface area contributed by atoms with Gasteiger partial charge in [-0.25, -0.2) is 9.59 Å². The van der Waals surface area contributed by atoms with Crippen LogP contribution < -0.4 is 0 Å². The molecule has 2 aromatic rings. The first-order chi connectivity index (χ1) is 13.6. The lowest BCUT2D eigenvalue weighted by atomic mass is 9.90. The molecule has 1 aromatic heterocycles. The standard InChI is InChI=1S/C21H22N2O5/c1-27-20(25)17-5-2-6-18(13-17)21(26)28-23-10-7-16(8-11-23)19(24)12-15-4-3-9-22-14-15/h2-6,9,13-14,16H,7-8,10-12H2,1H3. The summed E-state index contributed by atoms with van der Waals surface area (Å²) >= 11 is 0. The summed E-state index contributed by atoms with van der Waals surface area (Å²) in [4.78, 5) is 45.8. The number of ether oxygens (including phenoxy) is 1. The zero-order chi connectivity index (χ0) is 19.9. The third-order valence-electron chi connectivity index (χ3n) is 4.74. The Morgan fingerprint density at radius 3 is 2.43 bits per heavy atom. The highest BCUT2D eigenvalue weighted by atomic mass is 16.7. The van der Waals surface area contributed by atoms with E-state index in [1.54, 1.807) is 35.7 Å². The van der Waals surface area contributed by atoms with Crippen molar-refractivity contribution < 1.29 is 24.0 Å². The van der Waals surface area contributed by atoms with Crippen molar-refractivity contribution >= 4 is 17.7 Å². The lowest BCUT2D eigenvalue weighted by Gasteiger charge is -2.29. The number of hydrogen-bond donors (Lipinski definition) is 0. The van der Waals surface area contributed by atoms with E-state index in [1.165, 1.54) is 13.2 Å². The lowest BCUT2D eigenvalue weighted by Crippen LogP contribution is -2.38. The molecule has 28 heavy (non-hydrogen) atoms. The van der Waals surface area contributed by atoms with Crippen molar-refractivity contribution in [2.75, 3.05) is 20.2 Å². The SMILES string of the molecule is COC(=O)c1cccc(C(=O)ON2CCC(C(=O)Cc3cccnc3)CC2)c1. The van der Waals surface area contributed by atoms with E-state index in [9.17, 15) is 14.4 Å². The molecule has 1 aliphatic rings. The van der Waals surface area contributed by atoms with Gasteiger partial charge in [-0.3, -0.25) is 9.78 Å². The Bertz CT molecular complexity index is 845. The van der Waals surface area contributed by atoms with Crippen molar-refractivity contribution in [2.45, 2.75) is 19.3 Å². The van der Waals surface area contributed by atoms with Gasteiger partial charge in [0, 0.05) is 37.8 Å². The second-order valence-electron chi connectivity index (χ2n) is 6.66. The van der Waals surface area contributed by atoms with Crippen LogP contribution in [0.2, 0.25) is 0 Å². The van der Waals surface area contributed by atoms with Gasteiger partial charge in [0.2, 0.25) is 0 Å². The number of ketones is 1. The number of carbonyl (C=O) groups excluding carboxylic acids is 3. The molecule has 0 saturated carbocycles. The van der Waals surface area contributed by atoms with Crippen LogP contribution in [0, 0.1) is 5.92 Å². The maximum Gasteiger partial charge on any atom is 0.357 e. The molecule has 1 aliphatic heterocycles. The highest BCUT2D eigenvalue weighted by Gasteiger charge is 2.27. The molecule has 0 unspecified atom stereocenters. The van der Waals surface area contributed by atoms with Crippen LogP contribution in [0.3, 0.4) is 0 Å². The third-order valence-corrected chi connectivity index (χ3v) is 4.74. The van der Waals surface area contributed by atoms with Gasteiger partial charge in [-0.15, -0.1) is 5.06 Å². The number of esters is 1. The third kappa shape index (κ3) is 5.01. The Morgan fingerprint density at radius 2 is 1.79 bits per heavy atom. The van der Waals surface area contributed by atoms with Crippen LogP contribution in [0.25, 0.3) is 0 Å². The Balaban J connectivity index is 1.51. The zero-order valence-electron chi connectivity index (χ0n) is 15.7. The first-order valence-corrected chi connectivity index (χ1v) is 9.14. The van der Waals surface area contributed by atoms with Gasteiger partial charge in [-0.1, -0.05) is 12.1 Å². The van der Waals surface area contributed by atoms with Gasteiger partial charge in [0.25, 0.3) is 0 Å². The smallest absolute Gasteiger partial charge is 0.357 e. The van der Waals surface area contributed by atoms with E-state index in [4.69, 9.17) is 4.84 Å². The maximum absolute atomic E-state index is 12.4. The number of carbonyl (C=O) groups is 3. The van der Waals surface area contributed by atoms with E-state index in [0.717, 1.165) is 5.56 Å². The highest BCUT2D eigenvalue weighted by Crippen LogP contribution is 2.21. The number of piperidine rings is 1. The second kappa shape index (κ2) is 9.23. The van der Waals surface area contributed by atoms with Gasteiger partial charge in [0.1, 0.15) is 5.78 Å². The molecular weight excluding hydrogens is 360 g/mol. The van der Waals surface area contributed by atoms with E-state index in [2.05, 4.69) is 9.72 Å². The summed E-state index contributed by atoms with van der Waals surface area (Å²) in [6.45, 7) is 0.984. The topological polar surface area (TPSA) is 85.8 Å². The van der Waals surface area contributed by atoms with Crippen molar-refractivity contribution in [2.24, 2.45) is 5.92 Å². The number of nitrogens with zero attached hydrogens (tertiary/aromatic N) is 2. The number of methoxy groups -OCH3 is 1. The fourth-order valence-corrected chi connectivity index (χ4v) is 3.18. The van der Waals surface area contributed by atoms with Gasteiger partial charge in [-0.05, 0) is 42.7 Å². The molecule has 3 rings (SSSR count). The predicted octanol–water partition coefficient (Wildman–Crippen LogP) is 2.46. The molecule has 0 atom stereocenters. The van der Waals surface area contributed by atoms with Crippen LogP contribution in [-0.4, -0.2) is 48.0 Å². The van der Waals surface area contributed by atoms with Crippen molar-refractivity contribution in [3.05, 3.63) is 65.5 Å². The van der Waals surface area contributed by atoms with Crippen LogP contribution >= 0.6 is 0 Å². The summed E-state index contributed by atoms with van der Waals surface area (Å²) in [7, 11) is 1.28. The first kappa shape index (κ1) is 19.7. The average molecular weight is 382 g/mol. The van der Waals surface area contributed by atoms with E-state index in [0.29, 0.717) is 32.4 Å². The van der Waals surface area contributed by atoms with Gasteiger partial charge in [0.15, 0.2) is 0 Å². The molecule has 1 saturated heterocycles. The van der Waals surface area contributed by atoms with Crippen molar-refractivity contribution in [1.82, 2.24) is 10.0 Å². The van der Waals surface area contributed by atoms with Gasteiger partial charge in [0.05, 0.1) is 18.2 Å². The largest absolute Gasteiger partial charge is 0.465 e. The molecule has 7 heteroatoms.